The summed E-state index contributed by atoms with van der Waals surface area (Å²) in [6, 6.07) is 8.03. The number of benzene rings is 1. The number of rotatable bonds is 3. The number of nitrogens with two attached hydrogens (primary N) is 1. The molecule has 2 rings (SSSR count). The van der Waals surface area contributed by atoms with Gasteiger partial charge in [0.1, 0.15) is 5.82 Å². The SMILES string of the molecule is Cc1cnc(N)nc1Nc1ccccc1N(C)C. The zero-order valence-electron chi connectivity index (χ0n) is 10.8. The second-order valence-corrected chi connectivity index (χ2v) is 4.30. The highest BCUT2D eigenvalue weighted by atomic mass is 15.1. The summed E-state index contributed by atoms with van der Waals surface area (Å²) in [5.41, 5.74) is 8.64. The lowest BCUT2D eigenvalue weighted by molar-refractivity contribution is 1.12. The summed E-state index contributed by atoms with van der Waals surface area (Å²) in [6.07, 6.45) is 1.71. The van der Waals surface area contributed by atoms with Crippen molar-refractivity contribution in [2.24, 2.45) is 0 Å². The molecule has 0 aliphatic rings. The van der Waals surface area contributed by atoms with Crippen molar-refractivity contribution in [2.45, 2.75) is 6.92 Å². The minimum absolute atomic E-state index is 0.269. The van der Waals surface area contributed by atoms with Crippen molar-refractivity contribution >= 4 is 23.1 Å². The molecule has 0 atom stereocenters. The van der Waals surface area contributed by atoms with E-state index in [1.807, 2.05) is 50.2 Å². The third-order valence-corrected chi connectivity index (χ3v) is 2.63. The van der Waals surface area contributed by atoms with E-state index in [2.05, 4.69) is 15.3 Å². The van der Waals surface area contributed by atoms with Crippen molar-refractivity contribution < 1.29 is 0 Å². The van der Waals surface area contributed by atoms with Crippen LogP contribution in [0.4, 0.5) is 23.1 Å². The van der Waals surface area contributed by atoms with E-state index in [1.165, 1.54) is 0 Å². The predicted octanol–water partition coefficient (Wildman–Crippen LogP) is 2.18. The van der Waals surface area contributed by atoms with Crippen molar-refractivity contribution in [3.63, 3.8) is 0 Å². The molecule has 2 aromatic rings. The van der Waals surface area contributed by atoms with Crippen LogP contribution in [-0.2, 0) is 0 Å². The summed E-state index contributed by atoms with van der Waals surface area (Å²) >= 11 is 0. The molecule has 1 aromatic carbocycles. The van der Waals surface area contributed by atoms with Crippen molar-refractivity contribution in [1.29, 1.82) is 0 Å². The zero-order valence-corrected chi connectivity index (χ0v) is 10.8. The van der Waals surface area contributed by atoms with E-state index in [4.69, 9.17) is 5.73 Å². The van der Waals surface area contributed by atoms with Crippen LogP contribution in [0.2, 0.25) is 0 Å². The highest BCUT2D eigenvalue weighted by Crippen LogP contribution is 2.27. The summed E-state index contributed by atoms with van der Waals surface area (Å²) in [5.74, 6) is 1.00. The van der Waals surface area contributed by atoms with Crippen LogP contribution < -0.4 is 16.0 Å². The lowest BCUT2D eigenvalue weighted by Gasteiger charge is -2.18. The van der Waals surface area contributed by atoms with E-state index < -0.39 is 0 Å². The van der Waals surface area contributed by atoms with Gasteiger partial charge in [-0.25, -0.2) is 4.98 Å². The van der Waals surface area contributed by atoms with Gasteiger partial charge in [0.2, 0.25) is 5.95 Å². The standard InChI is InChI=1S/C13H17N5/c1-9-8-15-13(14)17-12(9)16-10-6-4-5-7-11(10)18(2)3/h4-8H,1-3H3,(H3,14,15,16,17). The quantitative estimate of drug-likeness (QED) is 0.864. The van der Waals surface area contributed by atoms with Crippen LogP contribution in [0.1, 0.15) is 5.56 Å². The fourth-order valence-electron chi connectivity index (χ4n) is 1.68. The Kier molecular flexibility index (Phi) is 3.32. The third-order valence-electron chi connectivity index (χ3n) is 2.63. The first-order valence-corrected chi connectivity index (χ1v) is 5.70. The molecule has 1 heterocycles. The number of nitrogens with one attached hydrogen (secondary N) is 1. The van der Waals surface area contributed by atoms with E-state index in [1.54, 1.807) is 6.20 Å². The number of hydrogen-bond donors (Lipinski definition) is 2. The molecule has 5 heteroatoms. The van der Waals surface area contributed by atoms with Crippen LogP contribution in [0.25, 0.3) is 0 Å². The zero-order chi connectivity index (χ0) is 13.1. The van der Waals surface area contributed by atoms with Gasteiger partial charge in [0.05, 0.1) is 11.4 Å². The molecule has 0 radical (unpaired) electrons. The van der Waals surface area contributed by atoms with Crippen molar-refractivity contribution in [2.75, 3.05) is 30.0 Å². The van der Waals surface area contributed by atoms with Crippen molar-refractivity contribution in [3.8, 4) is 0 Å². The van der Waals surface area contributed by atoms with E-state index in [-0.39, 0.29) is 5.95 Å². The van der Waals surface area contributed by atoms with Gasteiger partial charge < -0.3 is 16.0 Å². The van der Waals surface area contributed by atoms with E-state index in [9.17, 15) is 0 Å². The molecule has 0 saturated carbocycles. The molecular formula is C13H17N5. The van der Waals surface area contributed by atoms with Gasteiger partial charge in [-0.15, -0.1) is 0 Å². The number of nitrogens with zero attached hydrogens (tertiary/aromatic N) is 3. The second kappa shape index (κ2) is 4.91. The lowest BCUT2D eigenvalue weighted by atomic mass is 10.2. The molecule has 0 saturated heterocycles. The Hall–Kier alpha value is -2.30. The van der Waals surface area contributed by atoms with Crippen LogP contribution in [0.5, 0.6) is 0 Å². The number of anilines is 4. The van der Waals surface area contributed by atoms with Gasteiger partial charge in [-0.3, -0.25) is 0 Å². The van der Waals surface area contributed by atoms with Gasteiger partial charge >= 0.3 is 0 Å². The molecular weight excluding hydrogens is 226 g/mol. The minimum atomic E-state index is 0.269. The highest BCUT2D eigenvalue weighted by Gasteiger charge is 2.07. The van der Waals surface area contributed by atoms with Gasteiger partial charge in [0.15, 0.2) is 0 Å². The maximum absolute atomic E-state index is 5.61. The van der Waals surface area contributed by atoms with Gasteiger partial charge in [0, 0.05) is 25.9 Å². The number of aromatic nitrogens is 2. The smallest absolute Gasteiger partial charge is 0.221 e. The Morgan fingerprint density at radius 1 is 1.22 bits per heavy atom. The summed E-state index contributed by atoms with van der Waals surface area (Å²) in [4.78, 5) is 10.2. The molecule has 0 amide bonds. The van der Waals surface area contributed by atoms with E-state index >= 15 is 0 Å². The molecule has 1 aromatic heterocycles. The number of aryl methyl sites for hydroxylation is 1. The van der Waals surface area contributed by atoms with Gasteiger partial charge in [-0.2, -0.15) is 4.98 Å². The predicted molar refractivity (Wildman–Crippen MR) is 75.2 cm³/mol. The Balaban J connectivity index is 2.37. The van der Waals surface area contributed by atoms with Crippen LogP contribution >= 0.6 is 0 Å². The lowest BCUT2D eigenvalue weighted by Crippen LogP contribution is -2.11. The molecule has 0 bridgehead atoms. The maximum Gasteiger partial charge on any atom is 0.221 e. The maximum atomic E-state index is 5.61. The second-order valence-electron chi connectivity index (χ2n) is 4.30. The fraction of sp³-hybridized carbons (Fsp3) is 0.231. The molecule has 0 fully saturated rings. The Bertz CT molecular complexity index is 551. The van der Waals surface area contributed by atoms with Gasteiger partial charge in [-0.1, -0.05) is 12.1 Å². The largest absolute Gasteiger partial charge is 0.376 e. The summed E-state index contributed by atoms with van der Waals surface area (Å²) in [5, 5.41) is 3.29. The van der Waals surface area contributed by atoms with Gasteiger partial charge in [-0.05, 0) is 19.1 Å². The molecule has 0 aliphatic carbocycles. The molecule has 94 valence electrons. The summed E-state index contributed by atoms with van der Waals surface area (Å²) in [6.45, 7) is 1.94. The molecule has 18 heavy (non-hydrogen) atoms. The molecule has 0 unspecified atom stereocenters. The van der Waals surface area contributed by atoms with Crippen LogP contribution in [0.15, 0.2) is 30.5 Å². The number of nitrogen functional groups attached to an aromatic ring is 1. The molecule has 3 N–H and O–H groups in total. The fourth-order valence-corrected chi connectivity index (χ4v) is 1.68. The average molecular weight is 243 g/mol. The third kappa shape index (κ3) is 2.51. The first kappa shape index (κ1) is 12.2. The normalized spacial score (nSPS) is 10.2. The monoisotopic (exact) mass is 243 g/mol. The first-order valence-electron chi connectivity index (χ1n) is 5.70. The minimum Gasteiger partial charge on any atom is -0.376 e. The number of para-hydroxylation sites is 2. The van der Waals surface area contributed by atoms with Crippen molar-refractivity contribution in [1.82, 2.24) is 9.97 Å². The summed E-state index contributed by atoms with van der Waals surface area (Å²) < 4.78 is 0. The number of hydrogen-bond acceptors (Lipinski definition) is 5. The van der Waals surface area contributed by atoms with Crippen LogP contribution in [-0.4, -0.2) is 24.1 Å². The van der Waals surface area contributed by atoms with E-state index in [0.29, 0.717) is 0 Å². The highest BCUT2D eigenvalue weighted by molar-refractivity contribution is 5.74. The first-order chi connectivity index (χ1) is 8.58. The van der Waals surface area contributed by atoms with E-state index in [0.717, 1.165) is 22.8 Å². The van der Waals surface area contributed by atoms with Crippen LogP contribution in [0.3, 0.4) is 0 Å². The van der Waals surface area contributed by atoms with Crippen molar-refractivity contribution in [3.05, 3.63) is 36.0 Å². The molecule has 5 nitrogen and oxygen atoms in total. The average Bonchev–Trinajstić information content (AvgIpc) is 2.34. The summed E-state index contributed by atoms with van der Waals surface area (Å²) in [7, 11) is 4.00. The topological polar surface area (TPSA) is 67.1 Å². The van der Waals surface area contributed by atoms with Crippen LogP contribution in [0, 0.1) is 6.92 Å². The Labute approximate surface area is 107 Å². The molecule has 0 spiro atoms. The molecule has 0 aliphatic heterocycles. The Morgan fingerprint density at radius 2 is 1.94 bits per heavy atom. The van der Waals surface area contributed by atoms with Gasteiger partial charge in [0.25, 0.3) is 0 Å². The Morgan fingerprint density at radius 3 is 2.67 bits per heavy atom.